The first-order valence-corrected chi connectivity index (χ1v) is 5.47. The number of hydrogen-bond acceptors (Lipinski definition) is 2. The van der Waals surface area contributed by atoms with E-state index in [0.717, 1.165) is 0 Å². The maximum atomic E-state index is 5.72. The maximum absolute atomic E-state index is 5.72. The molecule has 0 aromatic heterocycles. The first-order chi connectivity index (χ1) is 5.97. The minimum Gasteiger partial charge on any atom is -0.329 e. The fourth-order valence-corrected chi connectivity index (χ4v) is 2.33. The second-order valence-corrected chi connectivity index (χ2v) is 5.33. The third kappa shape index (κ3) is 3.28. The quantitative estimate of drug-likeness (QED) is 0.704. The van der Waals surface area contributed by atoms with Crippen molar-refractivity contribution in [1.29, 1.82) is 0 Å². The number of hydrogen-bond donors (Lipinski definition) is 2. The highest BCUT2D eigenvalue weighted by molar-refractivity contribution is 4.93. The lowest BCUT2D eigenvalue weighted by Crippen LogP contribution is -2.57. The standard InChI is InChI=1S/C11H24N2/c1-10(2,9-12)13-11(3)7-5-4-6-8-11/h13H,4-9,12H2,1-3H3. The average Bonchev–Trinajstić information content (AvgIpc) is 2.04. The Bertz CT molecular complexity index is 157. The van der Waals surface area contributed by atoms with E-state index in [1.807, 2.05) is 0 Å². The summed E-state index contributed by atoms with van der Waals surface area (Å²) in [5, 5.41) is 3.70. The number of nitrogens with one attached hydrogen (secondary N) is 1. The van der Waals surface area contributed by atoms with E-state index in [1.54, 1.807) is 0 Å². The van der Waals surface area contributed by atoms with Crippen molar-refractivity contribution in [2.24, 2.45) is 5.73 Å². The van der Waals surface area contributed by atoms with Crippen LogP contribution in [0.25, 0.3) is 0 Å². The van der Waals surface area contributed by atoms with Crippen LogP contribution in [0, 0.1) is 0 Å². The molecule has 0 amide bonds. The van der Waals surface area contributed by atoms with E-state index in [2.05, 4.69) is 26.1 Å². The predicted molar refractivity (Wildman–Crippen MR) is 57.8 cm³/mol. The summed E-state index contributed by atoms with van der Waals surface area (Å²) in [6, 6.07) is 0. The normalized spacial score (nSPS) is 23.1. The van der Waals surface area contributed by atoms with Gasteiger partial charge in [0.1, 0.15) is 0 Å². The molecule has 1 saturated carbocycles. The van der Waals surface area contributed by atoms with Gasteiger partial charge in [-0.15, -0.1) is 0 Å². The van der Waals surface area contributed by atoms with Gasteiger partial charge in [0.15, 0.2) is 0 Å². The summed E-state index contributed by atoms with van der Waals surface area (Å²) < 4.78 is 0. The van der Waals surface area contributed by atoms with Crippen LogP contribution < -0.4 is 11.1 Å². The van der Waals surface area contributed by atoms with Crippen LogP contribution in [0.15, 0.2) is 0 Å². The largest absolute Gasteiger partial charge is 0.329 e. The molecular weight excluding hydrogens is 160 g/mol. The van der Waals surface area contributed by atoms with Gasteiger partial charge in [-0.25, -0.2) is 0 Å². The van der Waals surface area contributed by atoms with E-state index >= 15 is 0 Å². The third-order valence-corrected chi connectivity index (χ3v) is 3.11. The molecule has 1 fully saturated rings. The van der Waals surface area contributed by atoms with Crippen LogP contribution in [0.4, 0.5) is 0 Å². The van der Waals surface area contributed by atoms with Crippen molar-refractivity contribution < 1.29 is 0 Å². The molecule has 78 valence electrons. The lowest BCUT2D eigenvalue weighted by atomic mass is 9.81. The van der Waals surface area contributed by atoms with Crippen LogP contribution in [-0.4, -0.2) is 17.6 Å². The minimum atomic E-state index is 0.0894. The van der Waals surface area contributed by atoms with E-state index in [9.17, 15) is 0 Å². The molecule has 0 aromatic rings. The van der Waals surface area contributed by atoms with Crippen molar-refractivity contribution in [2.75, 3.05) is 6.54 Å². The smallest absolute Gasteiger partial charge is 0.0252 e. The molecule has 1 rings (SSSR count). The molecule has 0 aliphatic heterocycles. The molecular formula is C11H24N2. The van der Waals surface area contributed by atoms with Crippen LogP contribution in [0.3, 0.4) is 0 Å². The van der Waals surface area contributed by atoms with E-state index in [1.165, 1.54) is 32.1 Å². The van der Waals surface area contributed by atoms with E-state index in [-0.39, 0.29) is 5.54 Å². The summed E-state index contributed by atoms with van der Waals surface area (Å²) in [6.07, 6.45) is 6.74. The van der Waals surface area contributed by atoms with Crippen LogP contribution in [0.2, 0.25) is 0 Å². The van der Waals surface area contributed by atoms with Gasteiger partial charge in [-0.3, -0.25) is 0 Å². The van der Waals surface area contributed by atoms with Crippen LogP contribution in [0.5, 0.6) is 0 Å². The van der Waals surface area contributed by atoms with Crippen LogP contribution in [0.1, 0.15) is 52.9 Å². The summed E-state index contributed by atoms with van der Waals surface area (Å²) in [5.41, 5.74) is 6.14. The average molecular weight is 184 g/mol. The Kier molecular flexibility index (Phi) is 3.36. The van der Waals surface area contributed by atoms with Gasteiger partial charge in [-0.1, -0.05) is 19.3 Å². The summed E-state index contributed by atoms with van der Waals surface area (Å²) in [5.74, 6) is 0. The van der Waals surface area contributed by atoms with Gasteiger partial charge in [0.2, 0.25) is 0 Å². The Balaban J connectivity index is 2.49. The molecule has 0 aromatic carbocycles. The summed E-state index contributed by atoms with van der Waals surface area (Å²) in [4.78, 5) is 0. The minimum absolute atomic E-state index is 0.0894. The van der Waals surface area contributed by atoms with Crippen molar-refractivity contribution in [3.63, 3.8) is 0 Å². The van der Waals surface area contributed by atoms with Crippen LogP contribution in [-0.2, 0) is 0 Å². The highest BCUT2D eigenvalue weighted by Crippen LogP contribution is 2.29. The molecule has 0 atom stereocenters. The fraction of sp³-hybridized carbons (Fsp3) is 1.00. The molecule has 3 N–H and O–H groups in total. The topological polar surface area (TPSA) is 38.0 Å². The molecule has 13 heavy (non-hydrogen) atoms. The molecule has 0 heterocycles. The fourth-order valence-electron chi connectivity index (χ4n) is 2.33. The Hall–Kier alpha value is -0.0800. The second kappa shape index (κ2) is 3.97. The van der Waals surface area contributed by atoms with Crippen molar-refractivity contribution >= 4 is 0 Å². The molecule has 0 radical (unpaired) electrons. The number of rotatable bonds is 3. The second-order valence-electron chi connectivity index (χ2n) is 5.33. The van der Waals surface area contributed by atoms with E-state index < -0.39 is 0 Å². The SMILES string of the molecule is CC(C)(CN)NC1(C)CCCCC1. The lowest BCUT2D eigenvalue weighted by Gasteiger charge is -2.41. The molecule has 0 bridgehead atoms. The van der Waals surface area contributed by atoms with Gasteiger partial charge in [-0.2, -0.15) is 0 Å². The zero-order valence-electron chi connectivity index (χ0n) is 9.32. The summed E-state index contributed by atoms with van der Waals surface area (Å²) >= 11 is 0. The predicted octanol–water partition coefficient (Wildman–Crippen LogP) is 2.04. The van der Waals surface area contributed by atoms with E-state index in [0.29, 0.717) is 12.1 Å². The third-order valence-electron chi connectivity index (χ3n) is 3.11. The molecule has 0 unspecified atom stereocenters. The Labute approximate surface area is 82.3 Å². The monoisotopic (exact) mass is 184 g/mol. The van der Waals surface area contributed by atoms with Gasteiger partial charge in [-0.05, 0) is 33.6 Å². The van der Waals surface area contributed by atoms with Crippen molar-refractivity contribution in [3.05, 3.63) is 0 Å². The molecule has 1 aliphatic carbocycles. The molecule has 1 aliphatic rings. The van der Waals surface area contributed by atoms with E-state index in [4.69, 9.17) is 5.73 Å². The highest BCUT2D eigenvalue weighted by atomic mass is 15.1. The molecule has 0 spiro atoms. The van der Waals surface area contributed by atoms with Gasteiger partial charge in [0.05, 0.1) is 0 Å². The summed E-state index contributed by atoms with van der Waals surface area (Å²) in [6.45, 7) is 7.42. The maximum Gasteiger partial charge on any atom is 0.0252 e. The highest BCUT2D eigenvalue weighted by Gasteiger charge is 2.31. The Morgan fingerprint density at radius 1 is 1.23 bits per heavy atom. The van der Waals surface area contributed by atoms with Gasteiger partial charge in [0.25, 0.3) is 0 Å². The zero-order chi connectivity index (χ0) is 9.95. The Morgan fingerprint density at radius 3 is 2.23 bits per heavy atom. The molecule has 0 saturated heterocycles. The van der Waals surface area contributed by atoms with Crippen molar-refractivity contribution in [3.8, 4) is 0 Å². The van der Waals surface area contributed by atoms with Crippen LogP contribution >= 0.6 is 0 Å². The molecule has 2 heteroatoms. The van der Waals surface area contributed by atoms with Crippen molar-refractivity contribution in [1.82, 2.24) is 5.32 Å². The number of nitrogens with two attached hydrogens (primary N) is 1. The first kappa shape index (κ1) is 11.0. The summed E-state index contributed by atoms with van der Waals surface area (Å²) in [7, 11) is 0. The van der Waals surface area contributed by atoms with Crippen molar-refractivity contribution in [2.45, 2.75) is 64.0 Å². The van der Waals surface area contributed by atoms with Gasteiger partial charge < -0.3 is 11.1 Å². The lowest BCUT2D eigenvalue weighted by molar-refractivity contribution is 0.193. The first-order valence-electron chi connectivity index (χ1n) is 5.47. The van der Waals surface area contributed by atoms with Gasteiger partial charge in [0, 0.05) is 17.6 Å². The molecule has 2 nitrogen and oxygen atoms in total. The van der Waals surface area contributed by atoms with Gasteiger partial charge >= 0.3 is 0 Å². The zero-order valence-corrected chi connectivity index (χ0v) is 9.32. The Morgan fingerprint density at radius 2 is 1.77 bits per heavy atom.